The molecule has 104 valence electrons. The number of benzene rings is 2. The SMILES string of the molecule is CCN1CN(c2ccccc2)c2nc3ccccc3cc21. The van der Waals surface area contributed by atoms with Crippen LogP contribution in [0.4, 0.5) is 17.2 Å². The van der Waals surface area contributed by atoms with Gasteiger partial charge in [-0.05, 0) is 31.2 Å². The van der Waals surface area contributed by atoms with Crippen molar-refractivity contribution in [1.29, 1.82) is 0 Å². The topological polar surface area (TPSA) is 19.4 Å². The van der Waals surface area contributed by atoms with Crippen molar-refractivity contribution in [1.82, 2.24) is 4.98 Å². The van der Waals surface area contributed by atoms with E-state index in [2.05, 4.69) is 65.3 Å². The molecular formula is C18H17N3. The number of rotatable bonds is 2. The van der Waals surface area contributed by atoms with Gasteiger partial charge in [0, 0.05) is 17.6 Å². The molecule has 0 spiro atoms. The van der Waals surface area contributed by atoms with Gasteiger partial charge in [0.2, 0.25) is 0 Å². The van der Waals surface area contributed by atoms with Gasteiger partial charge in [0.15, 0.2) is 5.82 Å². The molecule has 1 aromatic heterocycles. The smallest absolute Gasteiger partial charge is 0.158 e. The largest absolute Gasteiger partial charge is 0.351 e. The van der Waals surface area contributed by atoms with Gasteiger partial charge in [-0.25, -0.2) is 4.98 Å². The molecule has 4 rings (SSSR count). The van der Waals surface area contributed by atoms with Gasteiger partial charge in [-0.2, -0.15) is 0 Å². The van der Waals surface area contributed by atoms with E-state index in [9.17, 15) is 0 Å². The highest BCUT2D eigenvalue weighted by molar-refractivity contribution is 5.91. The van der Waals surface area contributed by atoms with Crippen LogP contribution in [0.5, 0.6) is 0 Å². The minimum atomic E-state index is 0.860. The lowest BCUT2D eigenvalue weighted by atomic mass is 10.2. The Morgan fingerprint density at radius 1 is 1.00 bits per heavy atom. The zero-order valence-electron chi connectivity index (χ0n) is 12.0. The molecule has 0 saturated heterocycles. The first-order valence-corrected chi connectivity index (χ1v) is 7.34. The second-order valence-electron chi connectivity index (χ2n) is 5.28. The molecule has 2 aromatic carbocycles. The van der Waals surface area contributed by atoms with Gasteiger partial charge in [-0.15, -0.1) is 0 Å². The quantitative estimate of drug-likeness (QED) is 0.699. The predicted octanol–water partition coefficient (Wildman–Crippen LogP) is 4.17. The monoisotopic (exact) mass is 275 g/mol. The Hall–Kier alpha value is -2.55. The first kappa shape index (κ1) is 12.2. The molecule has 3 heteroatoms. The van der Waals surface area contributed by atoms with Gasteiger partial charge in [0.25, 0.3) is 0 Å². The van der Waals surface area contributed by atoms with Crippen molar-refractivity contribution < 1.29 is 0 Å². The summed E-state index contributed by atoms with van der Waals surface area (Å²) in [5, 5.41) is 1.20. The van der Waals surface area contributed by atoms with E-state index in [4.69, 9.17) is 4.98 Å². The van der Waals surface area contributed by atoms with Gasteiger partial charge in [0.1, 0.15) is 0 Å². The molecule has 21 heavy (non-hydrogen) atoms. The van der Waals surface area contributed by atoms with E-state index < -0.39 is 0 Å². The molecule has 0 N–H and O–H groups in total. The molecule has 1 aliphatic heterocycles. The van der Waals surface area contributed by atoms with E-state index in [0.29, 0.717) is 0 Å². The van der Waals surface area contributed by atoms with Crippen molar-refractivity contribution in [3.8, 4) is 0 Å². The van der Waals surface area contributed by atoms with E-state index in [1.807, 2.05) is 12.1 Å². The van der Waals surface area contributed by atoms with Crippen LogP contribution in [0.15, 0.2) is 60.7 Å². The van der Waals surface area contributed by atoms with Crippen LogP contribution in [0.2, 0.25) is 0 Å². The Morgan fingerprint density at radius 2 is 1.76 bits per heavy atom. The summed E-state index contributed by atoms with van der Waals surface area (Å²) in [6, 6.07) is 21.0. The van der Waals surface area contributed by atoms with Crippen LogP contribution >= 0.6 is 0 Å². The van der Waals surface area contributed by atoms with Crippen LogP contribution in [-0.2, 0) is 0 Å². The third-order valence-corrected chi connectivity index (χ3v) is 4.04. The molecule has 0 atom stereocenters. The molecule has 0 unspecified atom stereocenters. The third-order valence-electron chi connectivity index (χ3n) is 4.04. The average Bonchev–Trinajstić information content (AvgIpc) is 2.91. The maximum Gasteiger partial charge on any atom is 0.158 e. The second-order valence-corrected chi connectivity index (χ2v) is 5.28. The van der Waals surface area contributed by atoms with Crippen LogP contribution in [0.1, 0.15) is 6.92 Å². The molecule has 0 bridgehead atoms. The number of fused-ring (bicyclic) bond motifs is 2. The van der Waals surface area contributed by atoms with Gasteiger partial charge >= 0.3 is 0 Å². The van der Waals surface area contributed by atoms with E-state index in [1.165, 1.54) is 16.8 Å². The number of hydrogen-bond donors (Lipinski definition) is 0. The van der Waals surface area contributed by atoms with E-state index in [1.54, 1.807) is 0 Å². The van der Waals surface area contributed by atoms with Crippen LogP contribution in [0.25, 0.3) is 10.9 Å². The van der Waals surface area contributed by atoms with Gasteiger partial charge < -0.3 is 9.80 Å². The number of nitrogens with zero attached hydrogens (tertiary/aromatic N) is 3. The molecule has 2 heterocycles. The lowest BCUT2D eigenvalue weighted by Crippen LogP contribution is -2.27. The number of aromatic nitrogens is 1. The fraction of sp³-hybridized carbons (Fsp3) is 0.167. The highest BCUT2D eigenvalue weighted by Crippen LogP contribution is 2.40. The molecular weight excluding hydrogens is 258 g/mol. The maximum atomic E-state index is 4.90. The van der Waals surface area contributed by atoms with Crippen molar-refractivity contribution in [2.75, 3.05) is 23.0 Å². The minimum Gasteiger partial charge on any atom is -0.351 e. The number of para-hydroxylation sites is 2. The molecule has 0 radical (unpaired) electrons. The first-order valence-electron chi connectivity index (χ1n) is 7.34. The first-order chi connectivity index (χ1) is 10.4. The second kappa shape index (κ2) is 4.77. The van der Waals surface area contributed by atoms with Crippen LogP contribution < -0.4 is 9.80 Å². The van der Waals surface area contributed by atoms with Crippen molar-refractivity contribution in [2.24, 2.45) is 0 Å². The van der Waals surface area contributed by atoms with Gasteiger partial charge in [-0.1, -0.05) is 36.4 Å². The molecule has 0 aliphatic carbocycles. The Labute approximate surface area is 124 Å². The zero-order valence-corrected chi connectivity index (χ0v) is 12.0. The highest BCUT2D eigenvalue weighted by atomic mass is 15.4. The summed E-state index contributed by atoms with van der Waals surface area (Å²) in [4.78, 5) is 9.54. The molecule has 0 saturated carbocycles. The van der Waals surface area contributed by atoms with Crippen molar-refractivity contribution >= 4 is 28.1 Å². The molecule has 0 amide bonds. The Balaban J connectivity index is 1.91. The van der Waals surface area contributed by atoms with E-state index >= 15 is 0 Å². The number of pyridine rings is 1. The fourth-order valence-corrected chi connectivity index (χ4v) is 2.92. The Kier molecular flexibility index (Phi) is 2.78. The standard InChI is InChI=1S/C18H17N3/c1-2-20-13-21(15-9-4-3-5-10-15)18-17(20)12-14-8-6-7-11-16(14)19-18/h3-12H,2,13H2,1H3. The van der Waals surface area contributed by atoms with E-state index in [-0.39, 0.29) is 0 Å². The average molecular weight is 275 g/mol. The van der Waals surface area contributed by atoms with Crippen molar-refractivity contribution in [2.45, 2.75) is 6.92 Å². The van der Waals surface area contributed by atoms with Crippen LogP contribution in [0, 0.1) is 0 Å². The summed E-state index contributed by atoms with van der Waals surface area (Å²) in [5.74, 6) is 1.06. The van der Waals surface area contributed by atoms with Crippen molar-refractivity contribution in [3.63, 3.8) is 0 Å². The summed E-state index contributed by atoms with van der Waals surface area (Å²) >= 11 is 0. The zero-order chi connectivity index (χ0) is 14.2. The van der Waals surface area contributed by atoms with Crippen molar-refractivity contribution in [3.05, 3.63) is 60.7 Å². The Morgan fingerprint density at radius 3 is 2.57 bits per heavy atom. The predicted molar refractivity (Wildman–Crippen MR) is 88.2 cm³/mol. The Bertz CT molecular complexity index is 783. The molecule has 3 nitrogen and oxygen atoms in total. The lowest BCUT2D eigenvalue weighted by Gasteiger charge is -2.19. The van der Waals surface area contributed by atoms with Crippen LogP contribution in [-0.4, -0.2) is 18.2 Å². The van der Waals surface area contributed by atoms with Crippen LogP contribution in [0.3, 0.4) is 0 Å². The van der Waals surface area contributed by atoms with Gasteiger partial charge in [0.05, 0.1) is 17.9 Å². The molecule has 1 aliphatic rings. The third kappa shape index (κ3) is 1.93. The maximum absolute atomic E-state index is 4.90. The number of anilines is 3. The summed E-state index contributed by atoms with van der Waals surface area (Å²) in [6.45, 7) is 4.03. The molecule has 0 fully saturated rings. The van der Waals surface area contributed by atoms with Gasteiger partial charge in [-0.3, -0.25) is 0 Å². The molecule has 3 aromatic rings. The summed E-state index contributed by atoms with van der Waals surface area (Å²) in [7, 11) is 0. The normalized spacial score (nSPS) is 13.8. The van der Waals surface area contributed by atoms with E-state index in [0.717, 1.165) is 24.5 Å². The minimum absolute atomic E-state index is 0.860. The summed E-state index contributed by atoms with van der Waals surface area (Å²) in [6.07, 6.45) is 0. The summed E-state index contributed by atoms with van der Waals surface area (Å²) < 4.78 is 0. The summed E-state index contributed by atoms with van der Waals surface area (Å²) in [5.41, 5.74) is 3.47. The fourth-order valence-electron chi connectivity index (χ4n) is 2.92. The highest BCUT2D eigenvalue weighted by Gasteiger charge is 2.27. The lowest BCUT2D eigenvalue weighted by molar-refractivity contribution is 0.863. The number of hydrogen-bond acceptors (Lipinski definition) is 3.